The Kier molecular flexibility index (Phi) is 1.98. The summed E-state index contributed by atoms with van der Waals surface area (Å²) in [5.41, 5.74) is 0.996. The lowest BCUT2D eigenvalue weighted by Crippen LogP contribution is -1.84. The molecule has 2 heterocycles. The van der Waals surface area contributed by atoms with Gasteiger partial charge in [-0.05, 0) is 19.1 Å². The Morgan fingerprint density at radius 3 is 2.82 bits per heavy atom. The van der Waals surface area contributed by atoms with E-state index in [0.29, 0.717) is 22.8 Å². The summed E-state index contributed by atoms with van der Waals surface area (Å²) in [7, 11) is 0. The first-order valence-electron chi connectivity index (χ1n) is 4.91. The largest absolute Gasteiger partial charge is 0.440 e. The minimum Gasteiger partial charge on any atom is -0.440 e. The van der Waals surface area contributed by atoms with Gasteiger partial charge >= 0.3 is 0 Å². The van der Waals surface area contributed by atoms with E-state index >= 15 is 0 Å². The van der Waals surface area contributed by atoms with E-state index in [-0.39, 0.29) is 5.52 Å². The summed E-state index contributed by atoms with van der Waals surface area (Å²) < 4.78 is 31.6. The monoisotopic (exact) mass is 235 g/mol. The molecule has 0 amide bonds. The van der Waals surface area contributed by atoms with Gasteiger partial charge in [0.25, 0.3) is 0 Å². The normalized spacial score (nSPS) is 11.2. The molecule has 1 aromatic carbocycles. The van der Waals surface area contributed by atoms with Gasteiger partial charge in [0.05, 0.1) is 11.2 Å². The quantitative estimate of drug-likeness (QED) is 0.705. The Morgan fingerprint density at radius 2 is 2.12 bits per heavy atom. The number of benzene rings is 1. The maximum atomic E-state index is 13.5. The molecule has 0 aliphatic rings. The Hall–Kier alpha value is -2.24. The minimum atomic E-state index is -0.970. The second-order valence-corrected chi connectivity index (χ2v) is 3.61. The highest BCUT2D eigenvalue weighted by atomic mass is 19.2. The van der Waals surface area contributed by atoms with Crippen molar-refractivity contribution >= 4 is 11.0 Å². The van der Waals surface area contributed by atoms with Crippen LogP contribution in [0.25, 0.3) is 22.6 Å². The summed E-state index contributed by atoms with van der Waals surface area (Å²) in [6.07, 6.45) is 1.27. The SMILES string of the molecule is Cc1ncoc1-c1nc2c(F)c(F)ccc2[nH]1. The van der Waals surface area contributed by atoms with E-state index in [2.05, 4.69) is 15.0 Å². The Balaban J connectivity index is 2.27. The molecule has 0 bridgehead atoms. The number of aryl methyl sites for hydroxylation is 1. The summed E-state index contributed by atoms with van der Waals surface area (Å²) in [5.74, 6) is -1.15. The van der Waals surface area contributed by atoms with E-state index in [1.54, 1.807) is 6.92 Å². The molecule has 0 saturated carbocycles. The van der Waals surface area contributed by atoms with Crippen molar-refractivity contribution in [3.05, 3.63) is 35.9 Å². The lowest BCUT2D eigenvalue weighted by Gasteiger charge is -1.91. The molecule has 2 aromatic heterocycles. The van der Waals surface area contributed by atoms with Gasteiger partial charge in [-0.25, -0.2) is 18.7 Å². The fourth-order valence-electron chi connectivity index (χ4n) is 1.65. The first kappa shape index (κ1) is 9.95. The second-order valence-electron chi connectivity index (χ2n) is 3.61. The summed E-state index contributed by atoms with van der Waals surface area (Å²) in [6, 6.07) is 2.48. The van der Waals surface area contributed by atoms with Gasteiger partial charge in [-0.15, -0.1) is 0 Å². The highest BCUT2D eigenvalue weighted by molar-refractivity contribution is 5.79. The van der Waals surface area contributed by atoms with E-state index < -0.39 is 11.6 Å². The number of oxazole rings is 1. The molecule has 0 saturated heterocycles. The van der Waals surface area contributed by atoms with Crippen molar-refractivity contribution in [2.24, 2.45) is 0 Å². The van der Waals surface area contributed by atoms with Crippen LogP contribution in [0.1, 0.15) is 5.69 Å². The number of aromatic amines is 1. The number of H-pyrrole nitrogens is 1. The van der Waals surface area contributed by atoms with Crippen LogP contribution in [0.3, 0.4) is 0 Å². The number of hydrogen-bond acceptors (Lipinski definition) is 3. The van der Waals surface area contributed by atoms with Gasteiger partial charge in [-0.2, -0.15) is 0 Å². The number of rotatable bonds is 1. The number of imidazole rings is 1. The molecule has 4 nitrogen and oxygen atoms in total. The maximum Gasteiger partial charge on any atom is 0.192 e. The molecular weight excluding hydrogens is 228 g/mol. The predicted octanol–water partition coefficient (Wildman–Crippen LogP) is 2.80. The zero-order valence-electron chi connectivity index (χ0n) is 8.79. The molecule has 6 heteroatoms. The van der Waals surface area contributed by atoms with E-state index in [9.17, 15) is 8.78 Å². The van der Waals surface area contributed by atoms with Crippen molar-refractivity contribution in [1.29, 1.82) is 0 Å². The summed E-state index contributed by atoms with van der Waals surface area (Å²) >= 11 is 0. The first-order valence-corrected chi connectivity index (χ1v) is 4.91. The van der Waals surface area contributed by atoms with Crippen molar-refractivity contribution in [3.63, 3.8) is 0 Å². The summed E-state index contributed by atoms with van der Waals surface area (Å²) in [5, 5.41) is 0. The van der Waals surface area contributed by atoms with Gasteiger partial charge in [0, 0.05) is 0 Å². The maximum absolute atomic E-state index is 13.5. The molecule has 0 fully saturated rings. The molecule has 0 spiro atoms. The van der Waals surface area contributed by atoms with Crippen molar-refractivity contribution in [2.75, 3.05) is 0 Å². The third kappa shape index (κ3) is 1.41. The van der Waals surface area contributed by atoms with Crippen LogP contribution in [-0.4, -0.2) is 15.0 Å². The zero-order chi connectivity index (χ0) is 12.0. The molecule has 0 unspecified atom stereocenters. The number of nitrogens with zero attached hydrogens (tertiary/aromatic N) is 2. The highest BCUT2D eigenvalue weighted by Crippen LogP contribution is 2.25. The molecule has 0 aliphatic carbocycles. The van der Waals surface area contributed by atoms with Crippen LogP contribution in [0.15, 0.2) is 22.9 Å². The third-order valence-corrected chi connectivity index (χ3v) is 2.51. The zero-order valence-corrected chi connectivity index (χ0v) is 8.79. The number of fused-ring (bicyclic) bond motifs is 1. The van der Waals surface area contributed by atoms with Crippen LogP contribution in [0.2, 0.25) is 0 Å². The van der Waals surface area contributed by atoms with Gasteiger partial charge < -0.3 is 9.40 Å². The van der Waals surface area contributed by atoms with Crippen LogP contribution >= 0.6 is 0 Å². The standard InChI is InChI=1S/C11H7F2N3O/c1-5-10(17-4-14-5)11-15-7-3-2-6(12)8(13)9(7)16-11/h2-4H,1H3,(H,15,16). The first-order chi connectivity index (χ1) is 8.16. The average molecular weight is 235 g/mol. The Morgan fingerprint density at radius 1 is 1.29 bits per heavy atom. The molecular formula is C11H7F2N3O. The molecule has 17 heavy (non-hydrogen) atoms. The third-order valence-electron chi connectivity index (χ3n) is 2.51. The lowest BCUT2D eigenvalue weighted by atomic mass is 10.3. The molecule has 0 aliphatic heterocycles. The average Bonchev–Trinajstić information content (AvgIpc) is 2.89. The van der Waals surface area contributed by atoms with E-state index in [1.165, 1.54) is 12.5 Å². The Labute approximate surface area is 94.3 Å². The van der Waals surface area contributed by atoms with Gasteiger partial charge in [-0.3, -0.25) is 0 Å². The number of hydrogen-bond donors (Lipinski definition) is 1. The lowest BCUT2D eigenvalue weighted by molar-refractivity contribution is 0.515. The fourth-order valence-corrected chi connectivity index (χ4v) is 1.65. The van der Waals surface area contributed by atoms with Crippen LogP contribution in [0.4, 0.5) is 8.78 Å². The molecule has 0 atom stereocenters. The van der Waals surface area contributed by atoms with E-state index in [1.807, 2.05) is 0 Å². The predicted molar refractivity (Wildman–Crippen MR) is 56.2 cm³/mol. The fraction of sp³-hybridized carbons (Fsp3) is 0.0909. The van der Waals surface area contributed by atoms with Gasteiger partial charge in [0.15, 0.2) is 29.6 Å². The number of nitrogens with one attached hydrogen (secondary N) is 1. The van der Waals surface area contributed by atoms with Crippen molar-refractivity contribution in [1.82, 2.24) is 15.0 Å². The number of halogens is 2. The second kappa shape index (κ2) is 3.38. The minimum absolute atomic E-state index is 0.0456. The van der Waals surface area contributed by atoms with Crippen molar-refractivity contribution < 1.29 is 13.2 Å². The van der Waals surface area contributed by atoms with Gasteiger partial charge in [-0.1, -0.05) is 0 Å². The van der Waals surface area contributed by atoms with Crippen molar-refractivity contribution in [2.45, 2.75) is 6.92 Å². The molecule has 86 valence electrons. The molecule has 0 radical (unpaired) electrons. The van der Waals surface area contributed by atoms with Crippen molar-refractivity contribution in [3.8, 4) is 11.6 Å². The van der Waals surface area contributed by atoms with Crippen LogP contribution in [0, 0.1) is 18.6 Å². The van der Waals surface area contributed by atoms with E-state index in [4.69, 9.17) is 4.42 Å². The topological polar surface area (TPSA) is 54.7 Å². The Bertz CT molecular complexity index is 702. The summed E-state index contributed by atoms with van der Waals surface area (Å²) in [4.78, 5) is 10.7. The number of aromatic nitrogens is 3. The summed E-state index contributed by atoms with van der Waals surface area (Å²) in [6.45, 7) is 1.74. The smallest absolute Gasteiger partial charge is 0.192 e. The van der Waals surface area contributed by atoms with Crippen LogP contribution in [0.5, 0.6) is 0 Å². The van der Waals surface area contributed by atoms with Crippen LogP contribution in [-0.2, 0) is 0 Å². The molecule has 1 N–H and O–H groups in total. The van der Waals surface area contributed by atoms with Gasteiger partial charge in [0.1, 0.15) is 5.52 Å². The molecule has 3 rings (SSSR count). The van der Waals surface area contributed by atoms with E-state index in [0.717, 1.165) is 6.07 Å². The molecule has 3 aromatic rings. The highest BCUT2D eigenvalue weighted by Gasteiger charge is 2.16. The van der Waals surface area contributed by atoms with Crippen LogP contribution < -0.4 is 0 Å². The van der Waals surface area contributed by atoms with Gasteiger partial charge in [0.2, 0.25) is 0 Å².